The Balaban J connectivity index is 1.95. The van der Waals surface area contributed by atoms with Crippen molar-refractivity contribution in [2.45, 2.75) is 24.8 Å². The SMILES string of the molecule is CC(C(=O)N[C@@H](Cc1ccccc1Cl)C(=O)O)(c1ccccc1)c1ccccc1. The lowest BCUT2D eigenvalue weighted by Crippen LogP contribution is -2.50. The minimum Gasteiger partial charge on any atom is -0.480 e. The number of carbonyl (C=O) groups excluding carboxylic acids is 1. The Hall–Kier alpha value is -3.11. The molecular formula is C24H22ClNO3. The first-order valence-corrected chi connectivity index (χ1v) is 9.69. The van der Waals surface area contributed by atoms with Crippen LogP contribution in [0.3, 0.4) is 0 Å². The third-order valence-electron chi connectivity index (χ3n) is 5.14. The fraction of sp³-hybridized carbons (Fsp3) is 0.167. The van der Waals surface area contributed by atoms with Crippen LogP contribution in [0.1, 0.15) is 23.6 Å². The maximum absolute atomic E-state index is 13.4. The maximum atomic E-state index is 13.4. The molecule has 0 fully saturated rings. The highest BCUT2D eigenvalue weighted by molar-refractivity contribution is 6.31. The number of rotatable bonds is 7. The van der Waals surface area contributed by atoms with Crippen LogP contribution in [-0.2, 0) is 21.4 Å². The summed E-state index contributed by atoms with van der Waals surface area (Å²) in [5.41, 5.74) is 1.19. The average molecular weight is 408 g/mol. The zero-order valence-corrected chi connectivity index (χ0v) is 16.8. The fourth-order valence-electron chi connectivity index (χ4n) is 3.36. The second-order valence-corrected chi connectivity index (χ2v) is 7.42. The Morgan fingerprint density at radius 1 is 0.897 bits per heavy atom. The Kier molecular flexibility index (Phi) is 6.35. The highest BCUT2D eigenvalue weighted by atomic mass is 35.5. The van der Waals surface area contributed by atoms with Gasteiger partial charge in [0.25, 0.3) is 0 Å². The monoisotopic (exact) mass is 407 g/mol. The molecule has 1 atom stereocenters. The standard InChI is InChI=1S/C24H22ClNO3/c1-24(18-11-4-2-5-12-18,19-13-6-3-7-14-19)23(29)26-21(22(27)28)16-17-10-8-9-15-20(17)25/h2-15,21H,16H2,1H3,(H,26,29)(H,27,28)/t21-/m0/s1. The molecule has 0 aliphatic carbocycles. The summed E-state index contributed by atoms with van der Waals surface area (Å²) in [6, 6.07) is 24.6. The highest BCUT2D eigenvalue weighted by Gasteiger charge is 2.39. The van der Waals surface area contributed by atoms with Gasteiger partial charge in [0.15, 0.2) is 0 Å². The third-order valence-corrected chi connectivity index (χ3v) is 5.51. The number of aliphatic carboxylic acids is 1. The molecule has 0 bridgehead atoms. The van der Waals surface area contributed by atoms with Gasteiger partial charge in [0.2, 0.25) is 5.91 Å². The summed E-state index contributed by atoms with van der Waals surface area (Å²) in [7, 11) is 0. The largest absolute Gasteiger partial charge is 0.480 e. The molecule has 148 valence electrons. The van der Waals surface area contributed by atoms with Crippen molar-refractivity contribution >= 4 is 23.5 Å². The number of hydrogen-bond acceptors (Lipinski definition) is 2. The van der Waals surface area contributed by atoms with E-state index in [9.17, 15) is 14.7 Å². The van der Waals surface area contributed by atoms with Gasteiger partial charge in [-0.1, -0.05) is 90.5 Å². The van der Waals surface area contributed by atoms with Gasteiger partial charge in [-0.15, -0.1) is 0 Å². The lowest BCUT2D eigenvalue weighted by atomic mass is 9.75. The van der Waals surface area contributed by atoms with Crippen LogP contribution in [0.5, 0.6) is 0 Å². The molecule has 0 spiro atoms. The number of benzene rings is 3. The van der Waals surface area contributed by atoms with Gasteiger partial charge in [0.1, 0.15) is 6.04 Å². The predicted molar refractivity (Wildman–Crippen MR) is 114 cm³/mol. The van der Waals surface area contributed by atoms with Crippen molar-refractivity contribution < 1.29 is 14.7 Å². The second-order valence-electron chi connectivity index (χ2n) is 7.02. The third kappa shape index (κ3) is 4.49. The molecule has 0 unspecified atom stereocenters. The summed E-state index contributed by atoms with van der Waals surface area (Å²) < 4.78 is 0. The van der Waals surface area contributed by atoms with Crippen LogP contribution < -0.4 is 5.32 Å². The van der Waals surface area contributed by atoms with Crippen LogP contribution in [0.4, 0.5) is 0 Å². The molecule has 0 heterocycles. The smallest absolute Gasteiger partial charge is 0.326 e. The summed E-state index contributed by atoms with van der Waals surface area (Å²) in [5, 5.41) is 12.9. The van der Waals surface area contributed by atoms with E-state index in [2.05, 4.69) is 5.32 Å². The van der Waals surface area contributed by atoms with E-state index in [1.807, 2.05) is 60.7 Å². The van der Waals surface area contributed by atoms with Crippen molar-refractivity contribution in [2.24, 2.45) is 0 Å². The summed E-state index contributed by atoms with van der Waals surface area (Å²) in [6.45, 7) is 1.81. The maximum Gasteiger partial charge on any atom is 0.326 e. The molecule has 0 saturated carbocycles. The molecule has 2 N–H and O–H groups in total. The first kappa shape index (κ1) is 20.6. The molecule has 29 heavy (non-hydrogen) atoms. The Bertz CT molecular complexity index is 950. The van der Waals surface area contributed by atoms with Crippen LogP contribution in [0.2, 0.25) is 5.02 Å². The van der Waals surface area contributed by atoms with Gasteiger partial charge in [0.05, 0.1) is 5.41 Å². The summed E-state index contributed by atoms with van der Waals surface area (Å²) in [5.74, 6) is -1.49. The van der Waals surface area contributed by atoms with Gasteiger partial charge < -0.3 is 10.4 Å². The molecule has 5 heteroatoms. The molecule has 0 saturated heterocycles. The van der Waals surface area contributed by atoms with E-state index < -0.39 is 17.4 Å². The van der Waals surface area contributed by atoms with Gasteiger partial charge in [-0.25, -0.2) is 4.79 Å². The summed E-state index contributed by atoms with van der Waals surface area (Å²) in [6.07, 6.45) is 0.0976. The van der Waals surface area contributed by atoms with Crippen molar-refractivity contribution in [3.8, 4) is 0 Å². The average Bonchev–Trinajstić information content (AvgIpc) is 2.75. The number of halogens is 1. The number of carboxylic acid groups (broad SMARTS) is 1. The lowest BCUT2D eigenvalue weighted by Gasteiger charge is -2.31. The summed E-state index contributed by atoms with van der Waals surface area (Å²) >= 11 is 6.19. The molecule has 0 aliphatic heterocycles. The molecule has 3 rings (SSSR count). The Morgan fingerprint density at radius 2 is 1.38 bits per heavy atom. The summed E-state index contributed by atoms with van der Waals surface area (Å²) in [4.78, 5) is 25.3. The molecule has 3 aromatic carbocycles. The molecule has 4 nitrogen and oxygen atoms in total. The van der Waals surface area contributed by atoms with Crippen LogP contribution in [0, 0.1) is 0 Å². The van der Waals surface area contributed by atoms with E-state index in [4.69, 9.17) is 11.6 Å². The van der Waals surface area contributed by atoms with Crippen molar-refractivity contribution in [2.75, 3.05) is 0 Å². The minimum absolute atomic E-state index is 0.0976. The fourth-order valence-corrected chi connectivity index (χ4v) is 3.57. The number of carboxylic acids is 1. The normalized spacial score (nSPS) is 12.2. The zero-order chi connectivity index (χ0) is 20.9. The van der Waals surface area contributed by atoms with Gasteiger partial charge in [-0.2, -0.15) is 0 Å². The lowest BCUT2D eigenvalue weighted by molar-refractivity contribution is -0.142. The molecular weight excluding hydrogens is 386 g/mol. The highest BCUT2D eigenvalue weighted by Crippen LogP contribution is 2.32. The van der Waals surface area contributed by atoms with Crippen molar-refractivity contribution in [1.82, 2.24) is 5.32 Å². The quantitative estimate of drug-likeness (QED) is 0.607. The van der Waals surface area contributed by atoms with E-state index in [0.29, 0.717) is 10.6 Å². The van der Waals surface area contributed by atoms with Crippen LogP contribution in [-0.4, -0.2) is 23.0 Å². The topological polar surface area (TPSA) is 66.4 Å². The first-order chi connectivity index (χ1) is 13.9. The van der Waals surface area contributed by atoms with Crippen molar-refractivity contribution in [1.29, 1.82) is 0 Å². The number of carbonyl (C=O) groups is 2. The van der Waals surface area contributed by atoms with Crippen molar-refractivity contribution in [3.05, 3.63) is 107 Å². The molecule has 0 radical (unpaired) electrons. The van der Waals surface area contributed by atoms with E-state index >= 15 is 0 Å². The van der Waals surface area contributed by atoms with E-state index in [1.165, 1.54) is 0 Å². The van der Waals surface area contributed by atoms with Gasteiger partial charge in [-0.3, -0.25) is 4.79 Å². The van der Waals surface area contributed by atoms with E-state index in [0.717, 1.165) is 11.1 Å². The van der Waals surface area contributed by atoms with Gasteiger partial charge >= 0.3 is 5.97 Å². The molecule has 3 aromatic rings. The number of amides is 1. The predicted octanol–water partition coefficient (Wildman–Crippen LogP) is 4.46. The van der Waals surface area contributed by atoms with Crippen LogP contribution >= 0.6 is 11.6 Å². The van der Waals surface area contributed by atoms with Gasteiger partial charge in [-0.05, 0) is 29.7 Å². The minimum atomic E-state index is -1.11. The number of hydrogen-bond donors (Lipinski definition) is 2. The van der Waals surface area contributed by atoms with Crippen LogP contribution in [0.15, 0.2) is 84.9 Å². The first-order valence-electron chi connectivity index (χ1n) is 9.31. The molecule has 0 aromatic heterocycles. The van der Waals surface area contributed by atoms with E-state index in [-0.39, 0.29) is 12.3 Å². The van der Waals surface area contributed by atoms with Gasteiger partial charge in [0, 0.05) is 11.4 Å². The van der Waals surface area contributed by atoms with Crippen molar-refractivity contribution in [3.63, 3.8) is 0 Å². The second kappa shape index (κ2) is 8.93. The van der Waals surface area contributed by atoms with E-state index in [1.54, 1.807) is 31.2 Å². The Labute approximate surface area is 175 Å². The Morgan fingerprint density at radius 3 is 1.86 bits per heavy atom. The molecule has 0 aliphatic rings. The number of nitrogens with one attached hydrogen (secondary N) is 1. The van der Waals surface area contributed by atoms with Crippen LogP contribution in [0.25, 0.3) is 0 Å². The zero-order valence-electron chi connectivity index (χ0n) is 16.0. The molecule has 1 amide bonds.